The van der Waals surface area contributed by atoms with Crippen LogP contribution >= 0.6 is 0 Å². The lowest BCUT2D eigenvalue weighted by Gasteiger charge is -2.34. The molecule has 1 aliphatic carbocycles. The number of nitro benzene ring substituents is 1. The van der Waals surface area contributed by atoms with Crippen LogP contribution in [0.3, 0.4) is 0 Å². The predicted molar refractivity (Wildman–Crippen MR) is 160 cm³/mol. The maximum Gasteiger partial charge on any atom is 0.271 e. The van der Waals surface area contributed by atoms with Gasteiger partial charge in [-0.15, -0.1) is 0 Å². The zero-order valence-corrected chi connectivity index (χ0v) is 24.7. The number of hydrogen-bond donors (Lipinski definition) is 1. The lowest BCUT2D eigenvalue weighted by molar-refractivity contribution is -0.384. The minimum atomic E-state index is -4.37. The molecule has 10 nitrogen and oxygen atoms in total. The molecule has 0 spiro atoms. The highest BCUT2D eigenvalue weighted by Gasteiger charge is 2.34. The summed E-state index contributed by atoms with van der Waals surface area (Å²) in [6, 6.07) is 17.0. The summed E-state index contributed by atoms with van der Waals surface area (Å²) in [7, 11) is -4.37. The topological polar surface area (TPSA) is 130 Å². The van der Waals surface area contributed by atoms with Crippen LogP contribution < -0.4 is 9.62 Å². The Hall–Kier alpha value is -4.32. The molecule has 1 aliphatic rings. The van der Waals surface area contributed by atoms with E-state index in [4.69, 9.17) is 0 Å². The second-order valence-electron chi connectivity index (χ2n) is 10.5. The first kappa shape index (κ1) is 31.6. The summed E-state index contributed by atoms with van der Waals surface area (Å²) < 4.78 is 42.2. The number of halogens is 1. The van der Waals surface area contributed by atoms with E-state index in [0.717, 1.165) is 42.5 Å². The lowest BCUT2D eigenvalue weighted by atomic mass is 9.95. The summed E-state index contributed by atoms with van der Waals surface area (Å²) in [5.74, 6) is -1.51. The highest BCUT2D eigenvalue weighted by Crippen LogP contribution is 2.28. The summed E-state index contributed by atoms with van der Waals surface area (Å²) in [5, 5.41) is 14.6. The summed E-state index contributed by atoms with van der Waals surface area (Å²) >= 11 is 0. The molecular weight excluding hydrogens is 575 g/mol. The van der Waals surface area contributed by atoms with Crippen molar-refractivity contribution < 1.29 is 27.3 Å². The molecule has 0 aromatic heterocycles. The van der Waals surface area contributed by atoms with E-state index in [1.54, 1.807) is 13.0 Å². The van der Waals surface area contributed by atoms with Crippen LogP contribution in [0.15, 0.2) is 83.8 Å². The van der Waals surface area contributed by atoms with E-state index in [0.29, 0.717) is 5.56 Å². The van der Waals surface area contributed by atoms with Gasteiger partial charge in [0.2, 0.25) is 11.8 Å². The van der Waals surface area contributed by atoms with Crippen molar-refractivity contribution in [3.05, 3.63) is 100 Å². The van der Waals surface area contributed by atoms with Crippen molar-refractivity contribution in [1.82, 2.24) is 10.2 Å². The zero-order valence-electron chi connectivity index (χ0n) is 23.9. The van der Waals surface area contributed by atoms with E-state index >= 15 is 0 Å². The van der Waals surface area contributed by atoms with E-state index < -0.39 is 39.3 Å². The van der Waals surface area contributed by atoms with Crippen molar-refractivity contribution in [3.63, 3.8) is 0 Å². The molecule has 4 rings (SSSR count). The van der Waals surface area contributed by atoms with Gasteiger partial charge in [0.15, 0.2) is 0 Å². The van der Waals surface area contributed by atoms with Gasteiger partial charge in [0.05, 0.1) is 15.5 Å². The number of carbonyl (C=O) groups excluding carboxylic acids is 2. The highest BCUT2D eigenvalue weighted by atomic mass is 32.2. The molecule has 0 bridgehead atoms. The van der Waals surface area contributed by atoms with Crippen molar-refractivity contribution in [2.75, 3.05) is 10.8 Å². The third-order valence-electron chi connectivity index (χ3n) is 7.54. The SMILES string of the molecule is CC[C@H](C(=O)NC1CCCCC1)N(Cc1ccc(F)cc1)C(=O)CN(c1cccc([N+](=O)[O-])c1)S(=O)(=O)c1ccccc1. The van der Waals surface area contributed by atoms with Gasteiger partial charge in [-0.25, -0.2) is 12.8 Å². The van der Waals surface area contributed by atoms with Crippen LogP contribution in [-0.2, 0) is 26.2 Å². The van der Waals surface area contributed by atoms with Crippen LogP contribution in [0, 0.1) is 15.9 Å². The smallest absolute Gasteiger partial charge is 0.271 e. The summed E-state index contributed by atoms with van der Waals surface area (Å²) in [5.41, 5.74) is 0.124. The number of rotatable bonds is 12. The van der Waals surface area contributed by atoms with E-state index in [1.807, 2.05) is 0 Å². The molecule has 0 aliphatic heterocycles. The fourth-order valence-corrected chi connectivity index (χ4v) is 6.69. The Morgan fingerprint density at radius 3 is 2.30 bits per heavy atom. The number of nitro groups is 1. The van der Waals surface area contributed by atoms with E-state index in [1.165, 1.54) is 71.6 Å². The highest BCUT2D eigenvalue weighted by molar-refractivity contribution is 7.92. The average molecular weight is 611 g/mol. The van der Waals surface area contributed by atoms with Gasteiger partial charge >= 0.3 is 0 Å². The molecule has 0 saturated heterocycles. The number of non-ortho nitro benzene ring substituents is 1. The molecule has 1 atom stereocenters. The Kier molecular flexibility index (Phi) is 10.5. The summed E-state index contributed by atoms with van der Waals surface area (Å²) in [6.45, 7) is 0.950. The normalized spacial score (nSPS) is 14.5. The van der Waals surface area contributed by atoms with Crippen LogP contribution in [-0.4, -0.2) is 48.7 Å². The number of carbonyl (C=O) groups is 2. The fourth-order valence-electron chi connectivity index (χ4n) is 5.26. The van der Waals surface area contributed by atoms with Gasteiger partial charge in [-0.2, -0.15) is 0 Å². The molecule has 12 heteroatoms. The molecule has 43 heavy (non-hydrogen) atoms. The van der Waals surface area contributed by atoms with Crippen molar-refractivity contribution in [2.24, 2.45) is 0 Å². The molecular formula is C31H35FN4O6S. The second-order valence-corrected chi connectivity index (χ2v) is 12.4. The lowest BCUT2D eigenvalue weighted by Crippen LogP contribution is -2.54. The predicted octanol–water partition coefficient (Wildman–Crippen LogP) is 5.19. The number of sulfonamides is 1. The molecule has 1 fully saturated rings. The number of amides is 2. The monoisotopic (exact) mass is 610 g/mol. The molecule has 3 aromatic rings. The number of anilines is 1. The van der Waals surface area contributed by atoms with Gasteiger partial charge in [0.1, 0.15) is 18.4 Å². The van der Waals surface area contributed by atoms with Crippen LogP contribution in [0.1, 0.15) is 51.0 Å². The molecule has 1 saturated carbocycles. The molecule has 3 aromatic carbocycles. The van der Waals surface area contributed by atoms with Gasteiger partial charge in [-0.3, -0.25) is 24.0 Å². The molecule has 0 unspecified atom stereocenters. The van der Waals surface area contributed by atoms with Gasteiger partial charge < -0.3 is 10.2 Å². The molecule has 0 heterocycles. The largest absolute Gasteiger partial charge is 0.352 e. The zero-order chi connectivity index (χ0) is 31.0. The van der Waals surface area contributed by atoms with Crippen molar-refractivity contribution in [1.29, 1.82) is 0 Å². The first-order chi connectivity index (χ1) is 20.6. The maximum atomic E-state index is 14.1. The third kappa shape index (κ3) is 7.95. The van der Waals surface area contributed by atoms with Crippen molar-refractivity contribution in [2.45, 2.75) is 69.0 Å². The number of nitrogens with zero attached hydrogens (tertiary/aromatic N) is 3. The van der Waals surface area contributed by atoms with Crippen LogP contribution in [0.5, 0.6) is 0 Å². The van der Waals surface area contributed by atoms with Gasteiger partial charge in [0, 0.05) is 24.7 Å². The van der Waals surface area contributed by atoms with E-state index in [2.05, 4.69) is 5.32 Å². The van der Waals surface area contributed by atoms with E-state index in [9.17, 15) is 32.5 Å². The van der Waals surface area contributed by atoms with Gasteiger partial charge in [-0.05, 0) is 55.2 Å². The standard InChI is InChI=1S/C31H35FN4O6S/c1-2-29(31(38)33-25-10-5-3-6-11-25)34(21-23-16-18-24(32)19-17-23)30(37)22-35(26-12-9-13-27(20-26)36(39)40)43(41,42)28-14-7-4-8-15-28/h4,7-9,12-20,25,29H,2-3,5-6,10-11,21-22H2,1H3,(H,33,38)/t29-/m1/s1. The maximum absolute atomic E-state index is 14.1. The number of nitrogens with one attached hydrogen (secondary N) is 1. The molecule has 228 valence electrons. The molecule has 0 radical (unpaired) electrons. The molecule has 1 N–H and O–H groups in total. The molecule has 2 amide bonds. The Balaban J connectivity index is 1.72. The Morgan fingerprint density at radius 2 is 1.67 bits per heavy atom. The first-order valence-electron chi connectivity index (χ1n) is 14.3. The van der Waals surface area contributed by atoms with Crippen LogP contribution in [0.25, 0.3) is 0 Å². The Bertz CT molecular complexity index is 1530. The summed E-state index contributed by atoms with van der Waals surface area (Å²) in [6.07, 6.45) is 5.01. The second kappa shape index (κ2) is 14.2. The van der Waals surface area contributed by atoms with Crippen molar-refractivity contribution >= 4 is 33.2 Å². The van der Waals surface area contributed by atoms with Crippen LogP contribution in [0.4, 0.5) is 15.8 Å². The van der Waals surface area contributed by atoms with Crippen LogP contribution in [0.2, 0.25) is 0 Å². The van der Waals surface area contributed by atoms with Crippen molar-refractivity contribution in [3.8, 4) is 0 Å². The Labute approximate surface area is 250 Å². The van der Waals surface area contributed by atoms with E-state index in [-0.39, 0.29) is 41.2 Å². The minimum absolute atomic E-state index is 0.0158. The van der Waals surface area contributed by atoms with Gasteiger partial charge in [-0.1, -0.05) is 62.6 Å². The van der Waals surface area contributed by atoms with Gasteiger partial charge in [0.25, 0.3) is 15.7 Å². The first-order valence-corrected chi connectivity index (χ1v) is 15.7. The summed E-state index contributed by atoms with van der Waals surface area (Å²) in [4.78, 5) is 39.7. The number of benzene rings is 3. The third-order valence-corrected chi connectivity index (χ3v) is 9.33. The fraction of sp³-hybridized carbons (Fsp3) is 0.355. The Morgan fingerprint density at radius 1 is 1.00 bits per heavy atom. The quantitative estimate of drug-likeness (QED) is 0.222. The average Bonchev–Trinajstić information content (AvgIpc) is 3.01. The minimum Gasteiger partial charge on any atom is -0.352 e. The number of hydrogen-bond acceptors (Lipinski definition) is 6.